The number of anilines is 2. The van der Waals surface area contributed by atoms with E-state index in [1.54, 1.807) is 12.4 Å². The molecular weight excluding hydrogens is 438 g/mol. The van der Waals surface area contributed by atoms with Crippen molar-refractivity contribution >= 4 is 34.5 Å². The number of halogens is 1. The van der Waals surface area contributed by atoms with E-state index < -0.39 is 0 Å². The van der Waals surface area contributed by atoms with Crippen molar-refractivity contribution in [3.63, 3.8) is 0 Å². The van der Waals surface area contributed by atoms with E-state index in [0.717, 1.165) is 24.0 Å². The van der Waals surface area contributed by atoms with Crippen molar-refractivity contribution in [3.8, 4) is 11.4 Å². The van der Waals surface area contributed by atoms with Gasteiger partial charge in [-0.15, -0.1) is 0 Å². The minimum absolute atomic E-state index is 0.514. The zero-order valence-corrected chi connectivity index (χ0v) is 19.0. The summed E-state index contributed by atoms with van der Waals surface area (Å²) >= 11 is 6.06. The van der Waals surface area contributed by atoms with E-state index >= 15 is 0 Å². The highest BCUT2D eigenvalue weighted by Crippen LogP contribution is 2.24. The summed E-state index contributed by atoms with van der Waals surface area (Å²) in [5, 5.41) is 15.5. The van der Waals surface area contributed by atoms with E-state index in [4.69, 9.17) is 11.6 Å². The molecule has 1 saturated heterocycles. The Morgan fingerprint density at radius 3 is 2.76 bits per heavy atom. The average molecular weight is 464 g/mol. The number of piperidine rings is 1. The largest absolute Gasteiger partial charge is 0.353 e. The Kier molecular flexibility index (Phi) is 6.59. The number of likely N-dealkylation sites (tertiary alicyclic amines) is 1. The minimum Gasteiger partial charge on any atom is -0.353 e. The van der Waals surface area contributed by atoms with Crippen LogP contribution in [0.2, 0.25) is 5.02 Å². The van der Waals surface area contributed by atoms with Crippen LogP contribution in [0.1, 0.15) is 24.8 Å². The summed E-state index contributed by atoms with van der Waals surface area (Å²) in [5.41, 5.74) is 3.11. The van der Waals surface area contributed by atoms with Gasteiger partial charge in [-0.25, -0.2) is 15.0 Å². The van der Waals surface area contributed by atoms with Crippen LogP contribution in [0.4, 0.5) is 11.9 Å². The van der Waals surface area contributed by atoms with Crippen LogP contribution in [0.25, 0.3) is 22.4 Å². The second kappa shape index (κ2) is 10.1. The summed E-state index contributed by atoms with van der Waals surface area (Å²) in [5.74, 6) is 1.11. The molecule has 0 atom stereocenters. The van der Waals surface area contributed by atoms with E-state index in [1.165, 1.54) is 32.4 Å². The molecule has 3 N–H and O–H groups in total. The molecule has 0 unspecified atom stereocenters. The van der Waals surface area contributed by atoms with Gasteiger partial charge in [0.25, 0.3) is 0 Å². The summed E-state index contributed by atoms with van der Waals surface area (Å²) in [6.07, 6.45) is 7.42. The van der Waals surface area contributed by atoms with Crippen molar-refractivity contribution in [2.45, 2.75) is 25.8 Å². The molecule has 0 bridgehead atoms. The molecule has 1 fully saturated rings. The lowest BCUT2D eigenvalue weighted by molar-refractivity contribution is 0.237. The zero-order valence-electron chi connectivity index (χ0n) is 18.3. The molecule has 33 heavy (non-hydrogen) atoms. The van der Waals surface area contributed by atoms with Crippen LogP contribution in [-0.4, -0.2) is 61.2 Å². The molecule has 4 heterocycles. The highest BCUT2D eigenvalue weighted by atomic mass is 35.5. The molecule has 0 saturated carbocycles. The summed E-state index contributed by atoms with van der Waals surface area (Å²) in [4.78, 5) is 20.5. The van der Waals surface area contributed by atoms with Gasteiger partial charge in [-0.05, 0) is 49.7 Å². The van der Waals surface area contributed by atoms with Crippen molar-refractivity contribution in [1.29, 1.82) is 0 Å². The third-order valence-electron chi connectivity index (χ3n) is 5.72. The van der Waals surface area contributed by atoms with Crippen molar-refractivity contribution in [1.82, 2.24) is 35.0 Å². The van der Waals surface area contributed by atoms with Crippen LogP contribution in [-0.2, 0) is 6.54 Å². The van der Waals surface area contributed by atoms with Gasteiger partial charge in [-0.3, -0.25) is 5.10 Å². The molecular formula is C23H26ClN9. The molecule has 0 radical (unpaired) electrons. The fourth-order valence-electron chi connectivity index (χ4n) is 4.00. The Morgan fingerprint density at radius 2 is 1.88 bits per heavy atom. The number of H-pyrrole nitrogens is 1. The fourth-order valence-corrected chi connectivity index (χ4v) is 4.22. The van der Waals surface area contributed by atoms with E-state index in [1.807, 2.05) is 30.3 Å². The highest BCUT2D eigenvalue weighted by molar-refractivity contribution is 6.30. The van der Waals surface area contributed by atoms with Gasteiger partial charge in [-0.2, -0.15) is 10.1 Å². The van der Waals surface area contributed by atoms with Crippen LogP contribution in [0, 0.1) is 0 Å². The number of hydrogen-bond donors (Lipinski definition) is 3. The topological polar surface area (TPSA) is 108 Å². The number of nitrogens with zero attached hydrogens (tertiary/aromatic N) is 6. The van der Waals surface area contributed by atoms with Gasteiger partial charge in [0.15, 0.2) is 5.65 Å². The number of hydrogen-bond acceptors (Lipinski definition) is 8. The number of aromatic nitrogens is 6. The number of benzene rings is 1. The Bertz CT molecular complexity index is 1220. The van der Waals surface area contributed by atoms with Gasteiger partial charge in [-0.1, -0.05) is 30.2 Å². The fraction of sp³-hybridized carbons (Fsp3) is 0.348. The van der Waals surface area contributed by atoms with Crippen LogP contribution in [0.5, 0.6) is 0 Å². The Morgan fingerprint density at radius 1 is 1.00 bits per heavy atom. The predicted octanol–water partition coefficient (Wildman–Crippen LogP) is 3.97. The molecule has 9 nitrogen and oxygen atoms in total. The molecule has 1 aromatic carbocycles. The molecule has 1 aliphatic heterocycles. The lowest BCUT2D eigenvalue weighted by Gasteiger charge is -2.26. The summed E-state index contributed by atoms with van der Waals surface area (Å²) in [6.45, 7) is 4.75. The van der Waals surface area contributed by atoms with Crippen molar-refractivity contribution in [2.75, 3.05) is 36.8 Å². The van der Waals surface area contributed by atoms with Crippen molar-refractivity contribution in [3.05, 3.63) is 53.3 Å². The third-order valence-corrected chi connectivity index (χ3v) is 5.95. The predicted molar refractivity (Wildman–Crippen MR) is 130 cm³/mol. The first-order chi connectivity index (χ1) is 16.2. The van der Waals surface area contributed by atoms with Crippen LogP contribution >= 0.6 is 11.6 Å². The van der Waals surface area contributed by atoms with Gasteiger partial charge < -0.3 is 15.5 Å². The maximum Gasteiger partial charge on any atom is 0.224 e. The Labute approximate surface area is 197 Å². The number of aromatic amines is 1. The molecule has 4 aromatic rings. The smallest absolute Gasteiger partial charge is 0.224 e. The first-order valence-electron chi connectivity index (χ1n) is 11.2. The van der Waals surface area contributed by atoms with Crippen molar-refractivity contribution < 1.29 is 0 Å². The molecule has 0 spiro atoms. The number of rotatable bonds is 8. The molecule has 10 heteroatoms. The Balaban J connectivity index is 1.25. The molecule has 0 aliphatic carbocycles. The SMILES string of the molecule is Clc1cccc(CNc2nccc(-c3n[nH]c4nc(NCCN5CCCCC5)ncc34)n2)c1. The highest BCUT2D eigenvalue weighted by Gasteiger charge is 2.14. The van der Waals surface area contributed by atoms with E-state index in [0.29, 0.717) is 40.5 Å². The van der Waals surface area contributed by atoms with E-state index in [2.05, 4.69) is 45.7 Å². The monoisotopic (exact) mass is 463 g/mol. The van der Waals surface area contributed by atoms with Gasteiger partial charge in [0.1, 0.15) is 5.69 Å². The maximum atomic E-state index is 6.06. The second-order valence-electron chi connectivity index (χ2n) is 8.11. The molecule has 5 rings (SSSR count). The lowest BCUT2D eigenvalue weighted by atomic mass is 10.1. The standard InChI is InChI=1S/C23H26ClN9/c24-17-6-4-5-16(13-17)14-27-22-25-8-7-19(29-22)20-18-15-28-23(30-21(18)32-31-20)26-9-12-33-10-2-1-3-11-33/h4-8,13,15H,1-3,9-12,14H2,(H,25,27,29)(H2,26,28,30,31,32). The van der Waals surface area contributed by atoms with E-state index in [-0.39, 0.29) is 0 Å². The van der Waals surface area contributed by atoms with Crippen molar-refractivity contribution in [2.24, 2.45) is 0 Å². The quantitative estimate of drug-likeness (QED) is 0.360. The van der Waals surface area contributed by atoms with Gasteiger partial charge in [0.05, 0.1) is 11.1 Å². The van der Waals surface area contributed by atoms with Crippen LogP contribution in [0.3, 0.4) is 0 Å². The first-order valence-corrected chi connectivity index (χ1v) is 11.6. The van der Waals surface area contributed by atoms with Crippen LogP contribution < -0.4 is 10.6 Å². The molecule has 0 amide bonds. The van der Waals surface area contributed by atoms with Crippen LogP contribution in [0.15, 0.2) is 42.7 Å². The second-order valence-corrected chi connectivity index (χ2v) is 8.54. The Hall–Kier alpha value is -3.30. The average Bonchev–Trinajstić information content (AvgIpc) is 3.27. The third kappa shape index (κ3) is 5.37. The summed E-state index contributed by atoms with van der Waals surface area (Å²) in [7, 11) is 0. The number of fused-ring (bicyclic) bond motifs is 1. The maximum absolute atomic E-state index is 6.06. The van der Waals surface area contributed by atoms with Gasteiger partial charge >= 0.3 is 0 Å². The molecule has 170 valence electrons. The minimum atomic E-state index is 0.514. The normalized spacial score (nSPS) is 14.5. The van der Waals surface area contributed by atoms with Gasteiger partial charge in [0, 0.05) is 37.1 Å². The summed E-state index contributed by atoms with van der Waals surface area (Å²) in [6, 6.07) is 9.51. The zero-order chi connectivity index (χ0) is 22.5. The number of nitrogens with one attached hydrogen (secondary N) is 3. The lowest BCUT2D eigenvalue weighted by Crippen LogP contribution is -2.33. The first kappa shape index (κ1) is 21.5. The molecule has 3 aromatic heterocycles. The molecule has 1 aliphatic rings. The van der Waals surface area contributed by atoms with Gasteiger partial charge in [0.2, 0.25) is 11.9 Å². The van der Waals surface area contributed by atoms with E-state index in [9.17, 15) is 0 Å². The summed E-state index contributed by atoms with van der Waals surface area (Å²) < 4.78 is 0.